The van der Waals surface area contributed by atoms with Gasteiger partial charge in [0.15, 0.2) is 0 Å². The van der Waals surface area contributed by atoms with Gasteiger partial charge < -0.3 is 15.2 Å². The highest BCUT2D eigenvalue weighted by Crippen LogP contribution is 2.18. The quantitative estimate of drug-likeness (QED) is 0.589. The number of hydrogen-bond donors (Lipinski definition) is 2. The maximum absolute atomic E-state index is 9.04. The molecule has 0 unspecified atom stereocenters. The molecule has 0 spiro atoms. The lowest BCUT2D eigenvalue weighted by atomic mass is 10.1. The molecule has 2 N–H and O–H groups in total. The fourth-order valence-corrected chi connectivity index (χ4v) is 1.30. The van der Waals surface area contributed by atoms with Crippen LogP contribution in [0, 0.1) is 11.8 Å². The van der Waals surface area contributed by atoms with E-state index in [1.807, 2.05) is 25.2 Å². The highest BCUT2D eigenvalue weighted by molar-refractivity contribution is 5.48. The zero-order valence-corrected chi connectivity index (χ0v) is 9.71. The molecule has 1 aromatic carbocycles. The topological polar surface area (TPSA) is 41.5 Å². The Labute approximate surface area is 96.4 Å². The molecule has 0 atom stereocenters. The van der Waals surface area contributed by atoms with E-state index < -0.39 is 0 Å². The van der Waals surface area contributed by atoms with Gasteiger partial charge in [-0.05, 0) is 24.7 Å². The summed E-state index contributed by atoms with van der Waals surface area (Å²) in [7, 11) is 3.52. The van der Waals surface area contributed by atoms with Crippen LogP contribution >= 0.6 is 0 Å². The van der Waals surface area contributed by atoms with E-state index in [1.165, 1.54) is 0 Å². The lowest BCUT2D eigenvalue weighted by Gasteiger charge is -2.04. The molecule has 0 saturated carbocycles. The van der Waals surface area contributed by atoms with Crippen molar-refractivity contribution in [2.45, 2.75) is 13.0 Å². The van der Waals surface area contributed by atoms with Crippen molar-refractivity contribution in [2.75, 3.05) is 20.7 Å². The Hall–Kier alpha value is -1.50. The van der Waals surface area contributed by atoms with Crippen molar-refractivity contribution in [2.24, 2.45) is 0 Å². The molecule has 0 aliphatic rings. The lowest BCUT2D eigenvalue weighted by molar-refractivity contribution is 0.281. The van der Waals surface area contributed by atoms with Crippen LogP contribution in [0.1, 0.15) is 17.5 Å². The lowest BCUT2D eigenvalue weighted by Crippen LogP contribution is -2.05. The summed E-state index contributed by atoms with van der Waals surface area (Å²) < 4.78 is 5.20. The van der Waals surface area contributed by atoms with Gasteiger partial charge in [-0.1, -0.05) is 17.9 Å². The first-order chi connectivity index (χ1) is 7.81. The molecule has 3 nitrogen and oxygen atoms in total. The van der Waals surface area contributed by atoms with E-state index in [0.29, 0.717) is 0 Å². The highest BCUT2D eigenvalue weighted by atomic mass is 16.5. The third-order valence-corrected chi connectivity index (χ3v) is 2.17. The summed E-state index contributed by atoms with van der Waals surface area (Å²) >= 11 is 0. The van der Waals surface area contributed by atoms with Crippen molar-refractivity contribution >= 4 is 0 Å². The van der Waals surface area contributed by atoms with Crippen molar-refractivity contribution in [1.82, 2.24) is 5.32 Å². The maximum Gasteiger partial charge on any atom is 0.134 e. The zero-order valence-electron chi connectivity index (χ0n) is 9.71. The summed E-state index contributed by atoms with van der Waals surface area (Å²) in [5.74, 6) is 6.85. The van der Waals surface area contributed by atoms with Gasteiger partial charge in [0, 0.05) is 13.0 Å². The molecule has 1 aromatic rings. The van der Waals surface area contributed by atoms with Gasteiger partial charge in [0.05, 0.1) is 19.3 Å². The van der Waals surface area contributed by atoms with Gasteiger partial charge in [-0.25, -0.2) is 0 Å². The monoisotopic (exact) mass is 219 g/mol. The predicted octanol–water partition coefficient (Wildman–Crippen LogP) is 1.15. The SMILES string of the molecule is CNCCC#Cc1cc(CO)ccc1OC. The Morgan fingerprint density at radius 1 is 1.44 bits per heavy atom. The van der Waals surface area contributed by atoms with Crippen molar-refractivity contribution in [1.29, 1.82) is 0 Å². The van der Waals surface area contributed by atoms with E-state index in [-0.39, 0.29) is 6.61 Å². The van der Waals surface area contributed by atoms with Crippen LogP contribution in [-0.4, -0.2) is 25.8 Å². The van der Waals surface area contributed by atoms with Gasteiger partial charge in [0.1, 0.15) is 5.75 Å². The van der Waals surface area contributed by atoms with Crippen LogP contribution in [0.5, 0.6) is 5.75 Å². The molecule has 0 aliphatic heterocycles. The first kappa shape index (κ1) is 12.6. The standard InChI is InChI=1S/C13H17NO2/c1-14-8-4-3-5-12-9-11(10-15)6-7-13(12)16-2/h6-7,9,14-15H,4,8,10H2,1-2H3. The van der Waals surface area contributed by atoms with E-state index in [9.17, 15) is 0 Å². The molecule has 0 aromatic heterocycles. The summed E-state index contributed by atoms with van der Waals surface area (Å²) in [6, 6.07) is 5.51. The third-order valence-electron chi connectivity index (χ3n) is 2.17. The van der Waals surface area contributed by atoms with E-state index in [0.717, 1.165) is 29.8 Å². The van der Waals surface area contributed by atoms with E-state index in [2.05, 4.69) is 17.2 Å². The van der Waals surface area contributed by atoms with E-state index >= 15 is 0 Å². The second kappa shape index (κ2) is 6.89. The van der Waals surface area contributed by atoms with E-state index in [4.69, 9.17) is 9.84 Å². The molecule has 0 radical (unpaired) electrons. The fourth-order valence-electron chi connectivity index (χ4n) is 1.30. The third kappa shape index (κ3) is 3.58. The van der Waals surface area contributed by atoms with Gasteiger partial charge in [-0.15, -0.1) is 0 Å². The van der Waals surface area contributed by atoms with E-state index in [1.54, 1.807) is 7.11 Å². The molecule has 1 rings (SSSR count). The van der Waals surface area contributed by atoms with Crippen LogP contribution in [-0.2, 0) is 6.61 Å². The predicted molar refractivity (Wildman–Crippen MR) is 64.3 cm³/mol. The Bertz CT molecular complexity index is 391. The molecular weight excluding hydrogens is 202 g/mol. The molecule has 0 bridgehead atoms. The average Bonchev–Trinajstić information content (AvgIpc) is 2.34. The number of benzene rings is 1. The van der Waals surface area contributed by atoms with Crippen molar-refractivity contribution in [3.63, 3.8) is 0 Å². The Kier molecular flexibility index (Phi) is 5.41. The second-order valence-corrected chi connectivity index (χ2v) is 3.35. The summed E-state index contributed by atoms with van der Waals surface area (Å²) in [6.45, 7) is 0.893. The largest absolute Gasteiger partial charge is 0.495 e. The minimum Gasteiger partial charge on any atom is -0.495 e. The molecule has 3 heteroatoms. The van der Waals surface area contributed by atoms with Crippen LogP contribution < -0.4 is 10.1 Å². The number of aliphatic hydroxyl groups is 1. The summed E-state index contributed by atoms with van der Waals surface area (Å²) in [4.78, 5) is 0. The molecular formula is C13H17NO2. The molecule has 0 fully saturated rings. The van der Waals surface area contributed by atoms with Gasteiger partial charge in [0.25, 0.3) is 0 Å². The molecule has 0 saturated heterocycles. The molecule has 86 valence electrons. The van der Waals surface area contributed by atoms with Crippen molar-refractivity contribution < 1.29 is 9.84 Å². The minimum absolute atomic E-state index is 0.0230. The smallest absolute Gasteiger partial charge is 0.134 e. The summed E-state index contributed by atoms with van der Waals surface area (Å²) in [6.07, 6.45) is 0.795. The van der Waals surface area contributed by atoms with Crippen molar-refractivity contribution in [3.05, 3.63) is 29.3 Å². The number of nitrogens with one attached hydrogen (secondary N) is 1. The van der Waals surface area contributed by atoms with Gasteiger partial charge >= 0.3 is 0 Å². The Morgan fingerprint density at radius 2 is 2.25 bits per heavy atom. The van der Waals surface area contributed by atoms with Crippen LogP contribution in [0.3, 0.4) is 0 Å². The van der Waals surface area contributed by atoms with Crippen molar-refractivity contribution in [3.8, 4) is 17.6 Å². The first-order valence-electron chi connectivity index (χ1n) is 5.23. The highest BCUT2D eigenvalue weighted by Gasteiger charge is 2.00. The fraction of sp³-hybridized carbons (Fsp3) is 0.385. The molecule has 0 aliphatic carbocycles. The molecule has 16 heavy (non-hydrogen) atoms. The van der Waals surface area contributed by atoms with Crippen LogP contribution in [0.4, 0.5) is 0 Å². The minimum atomic E-state index is 0.0230. The number of hydrogen-bond acceptors (Lipinski definition) is 3. The van der Waals surface area contributed by atoms with Crippen LogP contribution in [0.25, 0.3) is 0 Å². The molecule has 0 amide bonds. The number of methoxy groups -OCH3 is 1. The summed E-state index contributed by atoms with van der Waals surface area (Å²) in [5.41, 5.74) is 1.67. The zero-order chi connectivity index (χ0) is 11.8. The second-order valence-electron chi connectivity index (χ2n) is 3.35. The summed E-state index contributed by atoms with van der Waals surface area (Å²) in [5, 5.41) is 12.1. The normalized spacial score (nSPS) is 9.44. The first-order valence-corrected chi connectivity index (χ1v) is 5.23. The maximum atomic E-state index is 9.04. The van der Waals surface area contributed by atoms with Gasteiger partial charge in [-0.3, -0.25) is 0 Å². The van der Waals surface area contributed by atoms with Crippen LogP contribution in [0.2, 0.25) is 0 Å². The number of aliphatic hydroxyl groups excluding tert-OH is 1. The number of ether oxygens (including phenoxy) is 1. The Balaban J connectivity index is 2.85. The Morgan fingerprint density at radius 3 is 2.88 bits per heavy atom. The van der Waals surface area contributed by atoms with Gasteiger partial charge in [0.2, 0.25) is 0 Å². The van der Waals surface area contributed by atoms with Gasteiger partial charge in [-0.2, -0.15) is 0 Å². The molecule has 0 heterocycles. The number of rotatable bonds is 4. The average molecular weight is 219 g/mol. The van der Waals surface area contributed by atoms with Crippen LogP contribution in [0.15, 0.2) is 18.2 Å².